The number of methoxy groups -OCH3 is 1. The summed E-state index contributed by atoms with van der Waals surface area (Å²) in [6.45, 7) is 5.80. The summed E-state index contributed by atoms with van der Waals surface area (Å²) >= 11 is 1.60. The minimum Gasteiger partial charge on any atom is -0.469 e. The molecule has 2 aliphatic heterocycles. The number of ether oxygens (including phenoxy) is 1. The van der Waals surface area contributed by atoms with Gasteiger partial charge >= 0.3 is 5.97 Å². The maximum absolute atomic E-state index is 13.0. The standard InChI is InChI=1S/C19H22N4O3S/c1-9-8-27-16-15(9)20-19(22-5-4-10(22)2)21-17(16)23-7-12-11(6-13(24)26-3)14(12)18(23)25/h8,10-12,14H,4-7H2,1-3H3/t10-,11?,12?,14?/m0/s1. The van der Waals surface area contributed by atoms with Gasteiger partial charge in [-0.05, 0) is 43.0 Å². The molecule has 3 fully saturated rings. The molecule has 2 aromatic heterocycles. The van der Waals surface area contributed by atoms with E-state index >= 15 is 0 Å². The fraction of sp³-hybridized carbons (Fsp3) is 0.579. The average molecular weight is 386 g/mol. The lowest BCUT2D eigenvalue weighted by molar-refractivity contribution is -0.141. The van der Waals surface area contributed by atoms with Crippen molar-refractivity contribution in [3.05, 3.63) is 10.9 Å². The highest BCUT2D eigenvalue weighted by molar-refractivity contribution is 7.18. The number of aryl methyl sites for hydroxylation is 1. The van der Waals surface area contributed by atoms with Gasteiger partial charge in [0.25, 0.3) is 0 Å². The molecule has 0 aromatic carbocycles. The Bertz CT molecular complexity index is 958. The molecule has 0 spiro atoms. The molecular formula is C19H22N4O3S. The number of hydrogen-bond acceptors (Lipinski definition) is 7. The van der Waals surface area contributed by atoms with Gasteiger partial charge in [0.15, 0.2) is 5.82 Å². The monoisotopic (exact) mass is 386 g/mol. The zero-order valence-electron chi connectivity index (χ0n) is 15.6. The van der Waals surface area contributed by atoms with Gasteiger partial charge in [-0.1, -0.05) is 0 Å². The number of esters is 1. The van der Waals surface area contributed by atoms with Crippen LogP contribution in [0.15, 0.2) is 5.38 Å². The molecule has 3 unspecified atom stereocenters. The number of rotatable bonds is 4. The summed E-state index contributed by atoms with van der Waals surface area (Å²) in [7, 11) is 1.39. The molecule has 0 N–H and O–H groups in total. The summed E-state index contributed by atoms with van der Waals surface area (Å²) in [4.78, 5) is 38.2. The highest BCUT2D eigenvalue weighted by Gasteiger charge is 2.62. The molecule has 2 saturated heterocycles. The van der Waals surface area contributed by atoms with Gasteiger partial charge in [0.05, 0.1) is 17.3 Å². The van der Waals surface area contributed by atoms with Gasteiger partial charge in [0.1, 0.15) is 0 Å². The van der Waals surface area contributed by atoms with Gasteiger partial charge in [-0.15, -0.1) is 11.3 Å². The van der Waals surface area contributed by atoms with Crippen molar-refractivity contribution in [2.24, 2.45) is 17.8 Å². The van der Waals surface area contributed by atoms with Crippen LogP contribution >= 0.6 is 11.3 Å². The van der Waals surface area contributed by atoms with E-state index in [9.17, 15) is 9.59 Å². The fourth-order valence-corrected chi connectivity index (χ4v) is 5.40. The number of piperidine rings is 1. The number of nitrogens with zero attached hydrogens (tertiary/aromatic N) is 4. The number of aromatic nitrogens is 2. The minimum absolute atomic E-state index is 0.0680. The number of thiophene rings is 1. The van der Waals surface area contributed by atoms with Crippen molar-refractivity contribution >= 4 is 45.2 Å². The van der Waals surface area contributed by atoms with Gasteiger partial charge in [0.2, 0.25) is 11.9 Å². The lowest BCUT2D eigenvalue weighted by Gasteiger charge is -2.39. The zero-order valence-corrected chi connectivity index (χ0v) is 16.5. The Morgan fingerprint density at radius 2 is 2.22 bits per heavy atom. The zero-order chi connectivity index (χ0) is 18.9. The van der Waals surface area contributed by atoms with E-state index in [2.05, 4.69) is 24.1 Å². The van der Waals surface area contributed by atoms with Crippen molar-refractivity contribution in [2.45, 2.75) is 32.7 Å². The summed E-state index contributed by atoms with van der Waals surface area (Å²) in [5, 5.41) is 2.08. The maximum Gasteiger partial charge on any atom is 0.305 e. The summed E-state index contributed by atoms with van der Waals surface area (Å²) in [6.07, 6.45) is 1.47. The third kappa shape index (κ3) is 2.46. The molecular weight excluding hydrogens is 364 g/mol. The van der Waals surface area contributed by atoms with E-state index in [-0.39, 0.29) is 29.6 Å². The van der Waals surface area contributed by atoms with Crippen LogP contribution in [-0.4, -0.2) is 48.1 Å². The largest absolute Gasteiger partial charge is 0.469 e. The van der Waals surface area contributed by atoms with Crippen LogP contribution < -0.4 is 9.80 Å². The Balaban J connectivity index is 1.47. The third-order valence-electron chi connectivity index (χ3n) is 6.30. The lowest BCUT2D eigenvalue weighted by atomic mass is 10.1. The molecule has 7 nitrogen and oxygen atoms in total. The summed E-state index contributed by atoms with van der Waals surface area (Å²) < 4.78 is 5.73. The highest BCUT2D eigenvalue weighted by Crippen LogP contribution is 2.55. The van der Waals surface area contributed by atoms with Crippen LogP contribution in [-0.2, 0) is 14.3 Å². The molecule has 3 aliphatic rings. The van der Waals surface area contributed by atoms with Crippen LogP contribution in [0.25, 0.3) is 10.2 Å². The van der Waals surface area contributed by atoms with E-state index in [1.54, 1.807) is 11.3 Å². The highest BCUT2D eigenvalue weighted by atomic mass is 32.1. The van der Waals surface area contributed by atoms with Gasteiger partial charge in [0, 0.05) is 31.5 Å². The molecule has 4 atom stereocenters. The molecule has 1 amide bonds. The molecule has 142 valence electrons. The van der Waals surface area contributed by atoms with Crippen LogP contribution in [0.5, 0.6) is 0 Å². The molecule has 0 bridgehead atoms. The second-order valence-corrected chi connectivity index (χ2v) is 8.74. The van der Waals surface area contributed by atoms with Crippen LogP contribution in [0.4, 0.5) is 11.8 Å². The topological polar surface area (TPSA) is 75.6 Å². The van der Waals surface area contributed by atoms with Crippen molar-refractivity contribution in [1.82, 2.24) is 9.97 Å². The molecule has 5 rings (SSSR count). The predicted octanol–water partition coefficient (Wildman–Crippen LogP) is 2.37. The van der Waals surface area contributed by atoms with Crippen LogP contribution in [0.1, 0.15) is 25.3 Å². The van der Waals surface area contributed by atoms with Crippen molar-refractivity contribution in [3.63, 3.8) is 0 Å². The van der Waals surface area contributed by atoms with E-state index in [0.717, 1.165) is 40.5 Å². The normalized spacial score (nSPS) is 29.1. The van der Waals surface area contributed by atoms with Crippen molar-refractivity contribution in [2.75, 3.05) is 30.0 Å². The molecule has 8 heteroatoms. The summed E-state index contributed by atoms with van der Waals surface area (Å²) in [5.74, 6) is 1.59. The van der Waals surface area contributed by atoms with Gasteiger partial charge in [-0.3, -0.25) is 14.5 Å². The van der Waals surface area contributed by atoms with Crippen LogP contribution in [0, 0.1) is 24.7 Å². The molecule has 27 heavy (non-hydrogen) atoms. The predicted molar refractivity (Wildman–Crippen MR) is 103 cm³/mol. The smallest absolute Gasteiger partial charge is 0.305 e. The Morgan fingerprint density at radius 1 is 1.41 bits per heavy atom. The number of amides is 1. The van der Waals surface area contributed by atoms with Crippen LogP contribution in [0.2, 0.25) is 0 Å². The quantitative estimate of drug-likeness (QED) is 0.751. The van der Waals surface area contributed by atoms with Gasteiger partial charge < -0.3 is 9.64 Å². The van der Waals surface area contributed by atoms with E-state index in [1.165, 1.54) is 7.11 Å². The minimum atomic E-state index is -0.235. The molecule has 2 aromatic rings. The van der Waals surface area contributed by atoms with Crippen molar-refractivity contribution in [1.29, 1.82) is 0 Å². The first-order valence-corrected chi connectivity index (χ1v) is 10.3. The van der Waals surface area contributed by atoms with Crippen molar-refractivity contribution < 1.29 is 14.3 Å². The molecule has 1 saturated carbocycles. The van der Waals surface area contributed by atoms with Gasteiger partial charge in [-0.25, -0.2) is 4.98 Å². The Labute approximate surface area is 161 Å². The average Bonchev–Trinajstić information content (AvgIpc) is 2.99. The van der Waals surface area contributed by atoms with E-state index in [4.69, 9.17) is 14.7 Å². The van der Waals surface area contributed by atoms with E-state index < -0.39 is 0 Å². The molecule has 0 radical (unpaired) electrons. The van der Waals surface area contributed by atoms with Crippen LogP contribution in [0.3, 0.4) is 0 Å². The summed E-state index contributed by atoms with van der Waals surface area (Å²) in [6, 6.07) is 0.432. The Kier molecular flexibility index (Phi) is 3.69. The lowest BCUT2D eigenvalue weighted by Crippen LogP contribution is -2.47. The number of carbonyl (C=O) groups is 2. The third-order valence-corrected chi connectivity index (χ3v) is 7.38. The van der Waals surface area contributed by atoms with Gasteiger partial charge in [-0.2, -0.15) is 4.98 Å². The first kappa shape index (κ1) is 16.9. The first-order chi connectivity index (χ1) is 13.0. The number of anilines is 2. The molecule has 4 heterocycles. The van der Waals surface area contributed by atoms with E-state index in [0.29, 0.717) is 19.0 Å². The first-order valence-electron chi connectivity index (χ1n) is 9.40. The molecule has 1 aliphatic carbocycles. The maximum atomic E-state index is 13.0. The second kappa shape index (κ2) is 5.89. The van der Waals surface area contributed by atoms with E-state index in [1.807, 2.05) is 4.90 Å². The van der Waals surface area contributed by atoms with Crippen molar-refractivity contribution in [3.8, 4) is 0 Å². The summed E-state index contributed by atoms with van der Waals surface area (Å²) in [5.41, 5.74) is 2.06. The number of fused-ring (bicyclic) bond motifs is 2. The second-order valence-electron chi connectivity index (χ2n) is 7.86. The number of hydrogen-bond donors (Lipinski definition) is 0. The SMILES string of the molecule is COC(=O)CC1C2CN(c3nc(N4CC[C@@H]4C)nc4c(C)csc34)C(=O)C12. The number of carbonyl (C=O) groups excluding carboxylic acids is 2. The fourth-order valence-electron chi connectivity index (χ4n) is 4.42. The Hall–Kier alpha value is -2.22. The Morgan fingerprint density at radius 3 is 2.81 bits per heavy atom.